The topological polar surface area (TPSA) is 206 Å². The van der Waals surface area contributed by atoms with E-state index in [2.05, 4.69) is 56.5 Å². The van der Waals surface area contributed by atoms with Crippen molar-refractivity contribution in [2.24, 2.45) is 7.05 Å². The van der Waals surface area contributed by atoms with E-state index in [4.69, 9.17) is 4.74 Å². The lowest BCUT2D eigenvalue weighted by atomic mass is 10.1. The molecule has 7 rings (SSSR count). The third-order valence-electron chi connectivity index (χ3n) is 10.5. The Morgan fingerprint density at radius 3 is 2.19 bits per heavy atom. The van der Waals surface area contributed by atoms with E-state index >= 15 is 13.2 Å². The molecule has 16 nitrogen and oxygen atoms in total. The van der Waals surface area contributed by atoms with Crippen LogP contribution in [0.15, 0.2) is 85.5 Å². The summed E-state index contributed by atoms with van der Waals surface area (Å²) < 4.78 is 122. The summed E-state index contributed by atoms with van der Waals surface area (Å²) in [7, 11) is -2.36. The Labute approximate surface area is 379 Å². The highest BCUT2D eigenvalue weighted by molar-refractivity contribution is 7.70. The number of carbonyl (C=O) groups excluding carboxylic acids is 1. The number of aryl methyl sites for hydroxylation is 1. The Morgan fingerprint density at radius 2 is 1.52 bits per heavy atom. The SMILES string of the molecule is CNC(=O)c1c(Nc2nc(Nc3ccc(P(C)(=O)Cc4nc(Nc5ccc(P(C)(C)=O)cc5)nc(NCCc5c[nH]c6ccccc56)c4C(F)(F)F)cc3OC)ncc2C(F)(F)F)ncn1C. The van der Waals surface area contributed by atoms with Crippen LogP contribution in [0.25, 0.3) is 10.9 Å². The third-order valence-corrected chi connectivity index (χ3v) is 14.3. The van der Waals surface area contributed by atoms with Gasteiger partial charge in [0.15, 0.2) is 11.5 Å². The highest BCUT2D eigenvalue weighted by Crippen LogP contribution is 2.49. The molecule has 0 aliphatic rings. The normalized spacial score (nSPS) is 13.0. The van der Waals surface area contributed by atoms with Crippen LogP contribution in [0, 0.1) is 0 Å². The number of hydrogen-bond acceptors (Lipinski definition) is 13. The molecular weight excluding hydrogens is 924 g/mol. The maximum atomic E-state index is 15.2. The quantitative estimate of drug-likeness (QED) is 0.0396. The van der Waals surface area contributed by atoms with Crippen molar-refractivity contribution in [1.29, 1.82) is 0 Å². The number of benzene rings is 3. The number of carbonyl (C=O) groups is 1. The van der Waals surface area contributed by atoms with Crippen LogP contribution < -0.4 is 41.9 Å². The van der Waals surface area contributed by atoms with Crippen molar-refractivity contribution < 1.29 is 45.0 Å². The first-order valence-corrected chi connectivity index (χ1v) is 25.2. The molecule has 0 fully saturated rings. The van der Waals surface area contributed by atoms with Crippen LogP contribution in [-0.4, -0.2) is 81.1 Å². The lowest BCUT2D eigenvalue weighted by Crippen LogP contribution is -2.22. The molecule has 0 bridgehead atoms. The summed E-state index contributed by atoms with van der Waals surface area (Å²) in [6.45, 7) is 4.54. The minimum atomic E-state index is -5.01. The first-order chi connectivity index (χ1) is 31.5. The fourth-order valence-electron chi connectivity index (χ4n) is 7.13. The molecule has 352 valence electrons. The molecule has 1 amide bonds. The Morgan fingerprint density at radius 1 is 0.821 bits per heavy atom. The van der Waals surface area contributed by atoms with Gasteiger partial charge in [-0.05, 0) is 80.5 Å². The molecule has 7 aromatic rings. The summed E-state index contributed by atoms with van der Waals surface area (Å²) in [5.41, 5.74) is -0.904. The van der Waals surface area contributed by atoms with E-state index < -0.39 is 67.2 Å². The molecule has 0 aliphatic carbocycles. The predicted molar refractivity (Wildman–Crippen MR) is 246 cm³/mol. The molecule has 0 spiro atoms. The minimum absolute atomic E-state index is 0.00270. The molecule has 0 saturated carbocycles. The molecule has 0 saturated heterocycles. The Kier molecular flexibility index (Phi) is 13.4. The van der Waals surface area contributed by atoms with Gasteiger partial charge in [0.05, 0.1) is 24.8 Å². The predicted octanol–water partition coefficient (Wildman–Crippen LogP) is 8.84. The highest BCUT2D eigenvalue weighted by Gasteiger charge is 2.41. The minimum Gasteiger partial charge on any atom is -0.495 e. The Hall–Kier alpha value is -6.92. The number of amides is 1. The van der Waals surface area contributed by atoms with Crippen LogP contribution in [0.4, 0.5) is 67.1 Å². The van der Waals surface area contributed by atoms with Gasteiger partial charge >= 0.3 is 12.4 Å². The van der Waals surface area contributed by atoms with Crippen LogP contribution in [-0.2, 0) is 41.1 Å². The smallest absolute Gasteiger partial charge is 0.421 e. The largest absolute Gasteiger partial charge is 0.495 e. The molecule has 4 heterocycles. The number of para-hydroxylation sites is 1. The van der Waals surface area contributed by atoms with Crippen LogP contribution in [0.5, 0.6) is 5.75 Å². The van der Waals surface area contributed by atoms with Gasteiger partial charge in [-0.2, -0.15) is 36.3 Å². The van der Waals surface area contributed by atoms with Crippen molar-refractivity contribution in [2.45, 2.75) is 24.9 Å². The number of nitrogens with zero attached hydrogens (tertiary/aromatic N) is 6. The number of rotatable bonds is 16. The van der Waals surface area contributed by atoms with E-state index in [-0.39, 0.29) is 46.7 Å². The Bertz CT molecular complexity index is 3060. The summed E-state index contributed by atoms with van der Waals surface area (Å²) in [4.78, 5) is 36.0. The number of nitrogens with one attached hydrogen (secondary N) is 6. The molecular formula is C43H44F6N12O4P2. The molecule has 1 unspecified atom stereocenters. The number of halogens is 6. The number of ether oxygens (including phenoxy) is 1. The molecule has 0 radical (unpaired) electrons. The van der Waals surface area contributed by atoms with Gasteiger partial charge in [-0.15, -0.1) is 0 Å². The number of alkyl halides is 6. The van der Waals surface area contributed by atoms with Crippen LogP contribution in [0.1, 0.15) is 32.9 Å². The van der Waals surface area contributed by atoms with Gasteiger partial charge in [0.25, 0.3) is 5.91 Å². The van der Waals surface area contributed by atoms with Crippen molar-refractivity contribution in [3.8, 4) is 5.75 Å². The third kappa shape index (κ3) is 10.9. The molecule has 0 aliphatic heterocycles. The molecule has 6 N–H and O–H groups in total. The first kappa shape index (κ1) is 48.0. The van der Waals surface area contributed by atoms with Gasteiger partial charge in [0.2, 0.25) is 11.9 Å². The highest BCUT2D eigenvalue weighted by atomic mass is 31.2. The second-order valence-electron chi connectivity index (χ2n) is 15.8. The summed E-state index contributed by atoms with van der Waals surface area (Å²) in [5.74, 6) is -2.71. The van der Waals surface area contributed by atoms with Crippen molar-refractivity contribution in [2.75, 3.05) is 62.0 Å². The lowest BCUT2D eigenvalue weighted by Gasteiger charge is -2.22. The van der Waals surface area contributed by atoms with E-state index in [1.54, 1.807) is 43.8 Å². The fourth-order valence-corrected chi connectivity index (χ4v) is 9.76. The summed E-state index contributed by atoms with van der Waals surface area (Å²) >= 11 is 0. The average molecular weight is 969 g/mol. The number of methoxy groups -OCH3 is 1. The van der Waals surface area contributed by atoms with Gasteiger partial charge in [0, 0.05) is 66.4 Å². The standard InChI is InChI=1S/C43H44F6N12O4P2/c1-50-39(62)35-38(54-23-61(35)2)58-36-29(42(44,45)46)21-53-40(59-36)56-31-16-15-27(19-33(31)65-3)67(6,64)22-32-34(43(47,48)49)37(51-18-17-24-20-52-30-10-8-7-9-28(24)30)60-41(57-32)55-25-11-13-26(14-12-25)66(4,5)63/h7-16,19-21,23,52H,17-18,22H2,1-6H3,(H,50,62)(H2,51,55,57,60)(H2,53,56,58,59). The zero-order valence-corrected chi connectivity index (χ0v) is 38.5. The second kappa shape index (κ2) is 18.8. The molecule has 67 heavy (non-hydrogen) atoms. The number of aromatic amines is 1. The van der Waals surface area contributed by atoms with E-state index in [1.165, 1.54) is 57.0 Å². The fraction of sp³-hybridized carbons (Fsp3) is 0.256. The first-order valence-electron chi connectivity index (χ1n) is 20.2. The molecule has 24 heteroatoms. The van der Waals surface area contributed by atoms with Crippen molar-refractivity contribution in [3.05, 3.63) is 114 Å². The number of fused-ring (bicyclic) bond motifs is 1. The average Bonchev–Trinajstić information content (AvgIpc) is 3.84. The van der Waals surface area contributed by atoms with Gasteiger partial charge in [-0.3, -0.25) is 4.79 Å². The van der Waals surface area contributed by atoms with E-state index in [1.807, 2.05) is 24.3 Å². The molecule has 1 atom stereocenters. The lowest BCUT2D eigenvalue weighted by molar-refractivity contribution is -0.138. The van der Waals surface area contributed by atoms with E-state index in [9.17, 15) is 27.1 Å². The van der Waals surface area contributed by atoms with Crippen molar-refractivity contribution in [1.82, 2.24) is 39.8 Å². The summed E-state index contributed by atoms with van der Waals surface area (Å²) in [6, 6.07) is 18.0. The van der Waals surface area contributed by atoms with E-state index in [0.717, 1.165) is 16.5 Å². The van der Waals surface area contributed by atoms with Crippen LogP contribution >= 0.6 is 14.3 Å². The van der Waals surface area contributed by atoms with Gasteiger partial charge < -0.3 is 50.0 Å². The summed E-state index contributed by atoms with van der Waals surface area (Å²) in [5, 5.41) is 15.0. The van der Waals surface area contributed by atoms with Crippen LogP contribution in [0.3, 0.4) is 0 Å². The molecule has 4 aromatic heterocycles. The molecule has 3 aromatic carbocycles. The monoisotopic (exact) mass is 968 g/mol. The van der Waals surface area contributed by atoms with Crippen molar-refractivity contribution >= 4 is 82.4 Å². The number of anilines is 7. The number of H-pyrrole nitrogens is 1. The number of hydrogen-bond donors (Lipinski definition) is 6. The van der Waals surface area contributed by atoms with E-state index in [0.29, 0.717) is 23.6 Å². The Balaban J connectivity index is 1.21. The van der Waals surface area contributed by atoms with Gasteiger partial charge in [-0.1, -0.05) is 18.2 Å². The summed E-state index contributed by atoms with van der Waals surface area (Å²) in [6.07, 6.45) is -6.76. The van der Waals surface area contributed by atoms with Crippen molar-refractivity contribution in [3.63, 3.8) is 0 Å². The van der Waals surface area contributed by atoms with Crippen LogP contribution in [0.2, 0.25) is 0 Å². The zero-order valence-electron chi connectivity index (χ0n) is 36.7. The number of imidazole rings is 1. The maximum absolute atomic E-state index is 15.2. The van der Waals surface area contributed by atoms with Gasteiger partial charge in [0.1, 0.15) is 42.8 Å². The second-order valence-corrected chi connectivity index (χ2v) is 22.0. The maximum Gasteiger partial charge on any atom is 0.421 e. The van der Waals surface area contributed by atoms with Gasteiger partial charge in [-0.25, -0.2) is 15.0 Å². The zero-order chi connectivity index (χ0) is 48.5. The number of aromatic nitrogens is 7.